The Morgan fingerprint density at radius 3 is 2.26 bits per heavy atom. The molecule has 1 aliphatic rings. The van der Waals surface area contributed by atoms with Crippen LogP contribution in [0, 0.1) is 13.8 Å². The van der Waals surface area contributed by atoms with E-state index in [9.17, 15) is 9.59 Å². The van der Waals surface area contributed by atoms with Gasteiger partial charge >= 0.3 is 5.97 Å². The van der Waals surface area contributed by atoms with Crippen molar-refractivity contribution in [2.45, 2.75) is 13.8 Å². The number of fused-ring (bicyclic) bond motifs is 1. The highest BCUT2D eigenvalue weighted by molar-refractivity contribution is 6.44. The van der Waals surface area contributed by atoms with Crippen molar-refractivity contribution in [1.82, 2.24) is 0 Å². The summed E-state index contributed by atoms with van der Waals surface area (Å²) in [6, 6.07) is 0. The summed E-state index contributed by atoms with van der Waals surface area (Å²) in [6.45, 7) is 3.30. The molecule has 0 saturated carbocycles. The van der Waals surface area contributed by atoms with E-state index >= 15 is 0 Å². The summed E-state index contributed by atoms with van der Waals surface area (Å²) in [5.41, 5.74) is 1.18. The fourth-order valence-electron chi connectivity index (χ4n) is 1.81. The van der Waals surface area contributed by atoms with Crippen molar-refractivity contribution in [2.75, 3.05) is 0 Å². The molecule has 0 aromatic heterocycles. The molecule has 0 fully saturated rings. The lowest BCUT2D eigenvalue weighted by atomic mass is 10.0. The molecule has 0 atom stereocenters. The Kier molecular flexibility index (Phi) is 3.51. The number of benzene rings is 1. The number of carboxylic acids is 1. The van der Waals surface area contributed by atoms with Crippen LogP contribution < -0.4 is 4.74 Å². The Morgan fingerprint density at radius 2 is 1.74 bits per heavy atom. The maximum Gasteiger partial charge on any atom is 0.351 e. The number of hydrogen-bond donors (Lipinski definition) is 1. The van der Waals surface area contributed by atoms with Gasteiger partial charge in [0.05, 0.1) is 10.6 Å². The average Bonchev–Trinajstić information content (AvgIpc) is 2.70. The number of rotatable bonds is 1. The minimum atomic E-state index is -1.45. The maximum absolute atomic E-state index is 12.1. The van der Waals surface area contributed by atoms with E-state index in [4.69, 9.17) is 44.6 Å². The molecule has 19 heavy (non-hydrogen) atoms. The van der Waals surface area contributed by atoms with Crippen LogP contribution in [0.15, 0.2) is 10.8 Å². The first-order chi connectivity index (χ1) is 8.77. The zero-order chi connectivity index (χ0) is 14.5. The first-order valence-electron chi connectivity index (χ1n) is 5.11. The van der Waals surface area contributed by atoms with Gasteiger partial charge in [-0.05, 0) is 25.0 Å². The van der Waals surface area contributed by atoms with E-state index in [1.165, 1.54) is 0 Å². The molecular formula is C12H7Cl3O4. The Labute approximate surface area is 123 Å². The molecule has 100 valence electrons. The normalized spacial score (nSPS) is 16.2. The van der Waals surface area contributed by atoms with Crippen molar-refractivity contribution in [3.05, 3.63) is 37.5 Å². The van der Waals surface area contributed by atoms with Crippen LogP contribution in [0.25, 0.3) is 0 Å². The van der Waals surface area contributed by atoms with Gasteiger partial charge in [-0.3, -0.25) is 4.79 Å². The van der Waals surface area contributed by atoms with Gasteiger partial charge in [-0.2, -0.15) is 0 Å². The van der Waals surface area contributed by atoms with Crippen LogP contribution in [-0.4, -0.2) is 16.9 Å². The number of ketones is 1. The quantitative estimate of drug-likeness (QED) is 0.801. The molecule has 0 bridgehead atoms. The smallest absolute Gasteiger partial charge is 0.351 e. The lowest BCUT2D eigenvalue weighted by Gasteiger charge is -2.09. The topological polar surface area (TPSA) is 63.6 Å². The van der Waals surface area contributed by atoms with Crippen molar-refractivity contribution in [1.29, 1.82) is 0 Å². The third-order valence-electron chi connectivity index (χ3n) is 2.81. The van der Waals surface area contributed by atoms with Crippen LogP contribution in [0.2, 0.25) is 10.0 Å². The van der Waals surface area contributed by atoms with Gasteiger partial charge in [-0.25, -0.2) is 4.79 Å². The second-order valence-corrected chi connectivity index (χ2v) is 5.10. The first kappa shape index (κ1) is 14.2. The second kappa shape index (κ2) is 4.71. The van der Waals surface area contributed by atoms with E-state index in [0.717, 1.165) is 0 Å². The Hall–Kier alpha value is -1.23. The zero-order valence-corrected chi connectivity index (χ0v) is 12.1. The molecule has 1 N–H and O–H groups in total. The summed E-state index contributed by atoms with van der Waals surface area (Å²) in [4.78, 5) is 22.9. The van der Waals surface area contributed by atoms with Gasteiger partial charge in [-0.15, -0.1) is 0 Å². The van der Waals surface area contributed by atoms with Crippen LogP contribution in [0.4, 0.5) is 0 Å². The molecule has 0 aliphatic carbocycles. The third kappa shape index (κ3) is 2.00. The number of Topliss-reactive ketones (excluding diaryl/α,β-unsaturated/α-hetero) is 1. The summed E-state index contributed by atoms with van der Waals surface area (Å²) < 4.78 is 5.22. The van der Waals surface area contributed by atoms with Crippen LogP contribution in [0.5, 0.6) is 5.75 Å². The van der Waals surface area contributed by atoms with Crippen molar-refractivity contribution in [3.8, 4) is 5.75 Å². The number of carboxylic acid groups (broad SMARTS) is 1. The summed E-state index contributed by atoms with van der Waals surface area (Å²) >= 11 is 17.7. The summed E-state index contributed by atoms with van der Waals surface area (Å²) in [5, 5.41) is 8.63. The summed E-state index contributed by atoms with van der Waals surface area (Å²) in [6.07, 6.45) is 0. The maximum atomic E-state index is 12.1. The zero-order valence-electron chi connectivity index (χ0n) is 9.81. The lowest BCUT2D eigenvalue weighted by molar-refractivity contribution is -0.132. The van der Waals surface area contributed by atoms with Gasteiger partial charge in [0.2, 0.25) is 11.5 Å². The molecule has 0 spiro atoms. The predicted molar refractivity (Wildman–Crippen MR) is 71.4 cm³/mol. The number of carbonyl (C=O) groups is 2. The Bertz CT molecular complexity index is 662. The van der Waals surface area contributed by atoms with E-state index in [0.29, 0.717) is 16.1 Å². The van der Waals surface area contributed by atoms with E-state index < -0.39 is 22.5 Å². The predicted octanol–water partition coefficient (Wildman–Crippen LogP) is 3.72. The van der Waals surface area contributed by atoms with Crippen LogP contribution in [0.1, 0.15) is 21.5 Å². The van der Waals surface area contributed by atoms with Crippen LogP contribution in [0.3, 0.4) is 0 Å². The standard InChI is InChI=1S/C12H7Cl3O4/c1-3-5-9(16)11(8(15)12(17)18)19-10(5)7(14)4(2)6(3)13/h1-2H3,(H,17,18). The van der Waals surface area contributed by atoms with Gasteiger partial charge in [-0.1, -0.05) is 34.8 Å². The molecule has 0 unspecified atom stereocenters. The highest BCUT2D eigenvalue weighted by Crippen LogP contribution is 2.45. The number of carbonyl (C=O) groups excluding carboxylic acids is 1. The number of hydrogen-bond acceptors (Lipinski definition) is 3. The third-order valence-corrected chi connectivity index (χ3v) is 4.17. The van der Waals surface area contributed by atoms with E-state index in [-0.39, 0.29) is 16.3 Å². The molecule has 2 rings (SSSR count). The van der Waals surface area contributed by atoms with E-state index in [2.05, 4.69) is 0 Å². The van der Waals surface area contributed by atoms with Gasteiger partial charge in [0, 0.05) is 5.02 Å². The van der Waals surface area contributed by atoms with Gasteiger partial charge in [0.1, 0.15) is 0 Å². The molecule has 1 aromatic carbocycles. The monoisotopic (exact) mass is 320 g/mol. The molecule has 7 heteroatoms. The number of ether oxygens (including phenoxy) is 1. The number of aliphatic carboxylic acids is 1. The number of allylic oxidation sites excluding steroid dienone is 1. The lowest BCUT2D eigenvalue weighted by Crippen LogP contribution is -2.07. The fourth-order valence-corrected chi connectivity index (χ4v) is 2.40. The molecule has 1 aliphatic heterocycles. The molecule has 4 nitrogen and oxygen atoms in total. The van der Waals surface area contributed by atoms with Gasteiger partial charge < -0.3 is 9.84 Å². The largest absolute Gasteiger partial charge is 0.477 e. The molecule has 0 radical (unpaired) electrons. The molecular weight excluding hydrogens is 314 g/mol. The molecule has 0 saturated heterocycles. The van der Waals surface area contributed by atoms with Crippen molar-refractivity contribution in [2.24, 2.45) is 0 Å². The van der Waals surface area contributed by atoms with Crippen molar-refractivity contribution >= 4 is 46.6 Å². The molecule has 1 aromatic rings. The highest BCUT2D eigenvalue weighted by atomic mass is 35.5. The second-order valence-electron chi connectivity index (χ2n) is 3.96. The summed E-state index contributed by atoms with van der Waals surface area (Å²) in [7, 11) is 0. The van der Waals surface area contributed by atoms with Crippen molar-refractivity contribution in [3.63, 3.8) is 0 Å². The summed E-state index contributed by atoms with van der Waals surface area (Å²) in [5.74, 6) is -2.44. The van der Waals surface area contributed by atoms with Gasteiger partial charge in [0.25, 0.3) is 0 Å². The van der Waals surface area contributed by atoms with E-state index in [1.807, 2.05) is 0 Å². The minimum absolute atomic E-state index is 0.0977. The average molecular weight is 322 g/mol. The van der Waals surface area contributed by atoms with Crippen LogP contribution in [-0.2, 0) is 4.79 Å². The van der Waals surface area contributed by atoms with Gasteiger partial charge in [0.15, 0.2) is 10.8 Å². The van der Waals surface area contributed by atoms with E-state index in [1.54, 1.807) is 13.8 Å². The SMILES string of the molecule is Cc1c(Cl)c(C)c2c(c1Cl)OC(=C(Cl)C(=O)O)C2=O. The Morgan fingerprint density at radius 1 is 1.16 bits per heavy atom. The minimum Gasteiger partial charge on any atom is -0.477 e. The van der Waals surface area contributed by atoms with Crippen LogP contribution >= 0.6 is 34.8 Å². The fraction of sp³-hybridized carbons (Fsp3) is 0.167. The molecule has 1 heterocycles. The first-order valence-corrected chi connectivity index (χ1v) is 6.24. The Balaban J connectivity index is 2.76. The van der Waals surface area contributed by atoms with Crippen molar-refractivity contribution < 1.29 is 19.4 Å². The highest BCUT2D eigenvalue weighted by Gasteiger charge is 2.37. The number of halogens is 3. The molecule has 0 amide bonds.